The molecule has 31 heavy (non-hydrogen) atoms. The number of halogens is 1. The van der Waals surface area contributed by atoms with Crippen molar-refractivity contribution >= 4 is 46.6 Å². The molecule has 1 aromatic carbocycles. The molecule has 9 heteroatoms. The summed E-state index contributed by atoms with van der Waals surface area (Å²) in [6.45, 7) is 7.35. The quantitative estimate of drug-likeness (QED) is 0.158. The average molecular weight is 532 g/mol. The van der Waals surface area contributed by atoms with Gasteiger partial charge in [0, 0.05) is 38.8 Å². The smallest absolute Gasteiger partial charge is 0.191 e. The standard InChI is InChI=1S/C22H28N8.HI/c1-3-23-22(25-14-12-21-28-27-20-11-6-7-15-30(20)21)24-13-8-16-29-17(2)26-18-9-4-5-10-19(18)29;/h4-7,9-11,15H,3,8,12-14,16H2,1-2H3,(H2,23,24,25);1H. The summed E-state index contributed by atoms with van der Waals surface area (Å²) < 4.78 is 4.28. The molecule has 0 amide bonds. The number of aliphatic imine (C=N–C) groups is 1. The number of imidazole rings is 1. The first-order valence-electron chi connectivity index (χ1n) is 10.5. The van der Waals surface area contributed by atoms with Gasteiger partial charge in [-0.2, -0.15) is 0 Å². The summed E-state index contributed by atoms with van der Waals surface area (Å²) in [5.41, 5.74) is 3.11. The summed E-state index contributed by atoms with van der Waals surface area (Å²) in [4.78, 5) is 9.35. The molecule has 3 aromatic heterocycles. The summed E-state index contributed by atoms with van der Waals surface area (Å²) in [7, 11) is 0. The lowest BCUT2D eigenvalue weighted by Crippen LogP contribution is -2.38. The Hall–Kier alpha value is -2.69. The Morgan fingerprint density at radius 2 is 1.90 bits per heavy atom. The van der Waals surface area contributed by atoms with E-state index in [1.165, 1.54) is 5.52 Å². The van der Waals surface area contributed by atoms with Crippen molar-refractivity contribution in [1.82, 2.24) is 34.8 Å². The molecule has 4 rings (SSSR count). The Balaban J connectivity index is 0.00000272. The minimum Gasteiger partial charge on any atom is -0.357 e. The predicted octanol–water partition coefficient (Wildman–Crippen LogP) is 3.19. The van der Waals surface area contributed by atoms with Crippen molar-refractivity contribution in [2.24, 2.45) is 4.99 Å². The molecular formula is C22H29IN8. The van der Waals surface area contributed by atoms with Gasteiger partial charge >= 0.3 is 0 Å². The number of nitrogens with one attached hydrogen (secondary N) is 2. The van der Waals surface area contributed by atoms with Gasteiger partial charge in [-0.3, -0.25) is 9.39 Å². The molecule has 0 aliphatic heterocycles. The lowest BCUT2D eigenvalue weighted by Gasteiger charge is -2.11. The molecule has 0 spiro atoms. The molecule has 0 unspecified atom stereocenters. The topological polar surface area (TPSA) is 84.4 Å². The highest BCUT2D eigenvalue weighted by atomic mass is 127. The SMILES string of the molecule is CCNC(=NCCCn1c(C)nc2ccccc21)NCCc1nnc2ccccn12.I. The normalized spacial score (nSPS) is 11.6. The molecule has 0 saturated carbocycles. The van der Waals surface area contributed by atoms with Gasteiger partial charge in [0.25, 0.3) is 0 Å². The molecule has 0 atom stereocenters. The van der Waals surface area contributed by atoms with Crippen molar-refractivity contribution in [3.63, 3.8) is 0 Å². The zero-order valence-corrected chi connectivity index (χ0v) is 20.3. The van der Waals surface area contributed by atoms with Gasteiger partial charge in [-0.05, 0) is 44.5 Å². The van der Waals surface area contributed by atoms with Gasteiger partial charge in [0.15, 0.2) is 11.6 Å². The maximum atomic E-state index is 4.72. The molecule has 8 nitrogen and oxygen atoms in total. The number of benzene rings is 1. The molecule has 0 saturated heterocycles. The van der Waals surface area contributed by atoms with Crippen LogP contribution in [0.1, 0.15) is 25.0 Å². The van der Waals surface area contributed by atoms with Crippen molar-refractivity contribution in [2.45, 2.75) is 33.2 Å². The van der Waals surface area contributed by atoms with Gasteiger partial charge in [-0.25, -0.2) is 4.98 Å². The zero-order valence-electron chi connectivity index (χ0n) is 18.0. The van der Waals surface area contributed by atoms with Crippen molar-refractivity contribution in [2.75, 3.05) is 19.6 Å². The van der Waals surface area contributed by atoms with Gasteiger partial charge in [-0.1, -0.05) is 18.2 Å². The number of pyridine rings is 1. The van der Waals surface area contributed by atoms with E-state index in [0.717, 1.165) is 67.8 Å². The van der Waals surface area contributed by atoms with E-state index in [1.54, 1.807) is 0 Å². The minimum atomic E-state index is 0. The molecule has 3 heterocycles. The Bertz CT molecular complexity index is 1150. The number of hydrogen-bond acceptors (Lipinski definition) is 4. The Labute approximate surface area is 199 Å². The van der Waals surface area contributed by atoms with E-state index in [-0.39, 0.29) is 24.0 Å². The highest BCUT2D eigenvalue weighted by Gasteiger charge is 2.07. The summed E-state index contributed by atoms with van der Waals surface area (Å²) in [5, 5.41) is 15.2. The average Bonchev–Trinajstić information content (AvgIpc) is 3.31. The maximum Gasteiger partial charge on any atom is 0.191 e. The molecule has 4 aromatic rings. The van der Waals surface area contributed by atoms with Crippen LogP contribution >= 0.6 is 24.0 Å². The van der Waals surface area contributed by atoms with Crippen LogP contribution < -0.4 is 10.6 Å². The second-order valence-corrected chi connectivity index (χ2v) is 7.14. The lowest BCUT2D eigenvalue weighted by atomic mass is 10.3. The van der Waals surface area contributed by atoms with Crippen LogP contribution in [0.25, 0.3) is 16.7 Å². The first-order valence-corrected chi connectivity index (χ1v) is 10.5. The summed E-state index contributed by atoms with van der Waals surface area (Å²) in [6.07, 6.45) is 3.72. The van der Waals surface area contributed by atoms with Gasteiger partial charge in [0.1, 0.15) is 11.6 Å². The first kappa shape index (κ1) is 23.0. The molecule has 2 N–H and O–H groups in total. The van der Waals surface area contributed by atoms with Gasteiger partial charge < -0.3 is 15.2 Å². The fraction of sp³-hybridized carbons (Fsp3) is 0.364. The van der Waals surface area contributed by atoms with Gasteiger partial charge in [0.05, 0.1) is 11.0 Å². The number of fused-ring (bicyclic) bond motifs is 2. The number of rotatable bonds is 8. The third-order valence-electron chi connectivity index (χ3n) is 5.02. The van der Waals surface area contributed by atoms with Gasteiger partial charge in [0.2, 0.25) is 0 Å². The number of nitrogens with zero attached hydrogens (tertiary/aromatic N) is 6. The van der Waals surface area contributed by atoms with E-state index < -0.39 is 0 Å². The number of aromatic nitrogens is 5. The lowest BCUT2D eigenvalue weighted by molar-refractivity contribution is 0.645. The Morgan fingerprint density at radius 3 is 2.77 bits per heavy atom. The van der Waals surface area contributed by atoms with Crippen LogP contribution in [0.5, 0.6) is 0 Å². The van der Waals surface area contributed by atoms with Crippen LogP contribution in [0.2, 0.25) is 0 Å². The number of aryl methyl sites for hydroxylation is 2. The van der Waals surface area contributed by atoms with E-state index in [4.69, 9.17) is 4.99 Å². The van der Waals surface area contributed by atoms with Crippen LogP contribution in [0.15, 0.2) is 53.7 Å². The van der Waals surface area contributed by atoms with Crippen molar-refractivity contribution in [1.29, 1.82) is 0 Å². The molecule has 0 aliphatic rings. The molecule has 164 valence electrons. The summed E-state index contributed by atoms with van der Waals surface area (Å²) in [6, 6.07) is 14.2. The number of para-hydroxylation sites is 2. The first-order chi connectivity index (χ1) is 14.8. The van der Waals surface area contributed by atoms with Crippen LogP contribution in [0.3, 0.4) is 0 Å². The van der Waals surface area contributed by atoms with E-state index in [0.29, 0.717) is 0 Å². The Morgan fingerprint density at radius 1 is 1.06 bits per heavy atom. The number of hydrogen-bond donors (Lipinski definition) is 2. The Kier molecular flexibility index (Phi) is 8.21. The van der Waals surface area contributed by atoms with Crippen LogP contribution in [-0.4, -0.2) is 49.7 Å². The molecule has 0 fully saturated rings. The zero-order chi connectivity index (χ0) is 20.8. The largest absolute Gasteiger partial charge is 0.357 e. The minimum absolute atomic E-state index is 0. The van der Waals surface area contributed by atoms with Crippen LogP contribution in [0.4, 0.5) is 0 Å². The highest BCUT2D eigenvalue weighted by Crippen LogP contribution is 2.15. The molecule has 0 aliphatic carbocycles. The maximum absolute atomic E-state index is 4.72. The summed E-state index contributed by atoms with van der Waals surface area (Å²) in [5.74, 6) is 2.82. The number of guanidine groups is 1. The molecule has 0 radical (unpaired) electrons. The third-order valence-corrected chi connectivity index (χ3v) is 5.02. The third kappa shape index (κ3) is 5.52. The van der Waals surface area contributed by atoms with E-state index in [9.17, 15) is 0 Å². The van der Waals surface area contributed by atoms with Crippen LogP contribution in [0, 0.1) is 6.92 Å². The highest BCUT2D eigenvalue weighted by molar-refractivity contribution is 14.0. The van der Waals surface area contributed by atoms with Crippen molar-refractivity contribution < 1.29 is 0 Å². The second kappa shape index (κ2) is 11.1. The monoisotopic (exact) mass is 532 g/mol. The second-order valence-electron chi connectivity index (χ2n) is 7.14. The summed E-state index contributed by atoms with van der Waals surface area (Å²) >= 11 is 0. The fourth-order valence-electron chi connectivity index (χ4n) is 3.59. The molecular weight excluding hydrogens is 503 g/mol. The van der Waals surface area contributed by atoms with E-state index in [2.05, 4.69) is 62.4 Å². The van der Waals surface area contributed by atoms with Crippen LogP contribution in [-0.2, 0) is 13.0 Å². The van der Waals surface area contributed by atoms with Gasteiger partial charge in [-0.15, -0.1) is 34.2 Å². The predicted molar refractivity (Wildman–Crippen MR) is 135 cm³/mol. The van der Waals surface area contributed by atoms with Crippen molar-refractivity contribution in [3.05, 3.63) is 60.3 Å². The van der Waals surface area contributed by atoms with Crippen molar-refractivity contribution in [3.8, 4) is 0 Å². The van der Waals surface area contributed by atoms with E-state index in [1.807, 2.05) is 34.9 Å². The van der Waals surface area contributed by atoms with E-state index >= 15 is 0 Å². The fourth-order valence-corrected chi connectivity index (χ4v) is 3.59. The molecule has 0 bridgehead atoms.